The molecule has 0 amide bonds. The highest BCUT2D eigenvalue weighted by atomic mass is 16.5. The predicted molar refractivity (Wildman–Crippen MR) is 62.2 cm³/mol. The van der Waals surface area contributed by atoms with E-state index in [4.69, 9.17) is 4.74 Å². The molecule has 2 atom stereocenters. The zero-order valence-electron chi connectivity index (χ0n) is 9.02. The monoisotopic (exact) mass is 217 g/mol. The van der Waals surface area contributed by atoms with Crippen LogP contribution in [0, 0.1) is 0 Å². The fourth-order valence-corrected chi connectivity index (χ4v) is 2.42. The molecule has 2 heterocycles. The van der Waals surface area contributed by atoms with E-state index in [-0.39, 0.29) is 6.10 Å². The van der Waals surface area contributed by atoms with Gasteiger partial charge in [0.1, 0.15) is 6.10 Å². The Balaban J connectivity index is 2.00. The Labute approximate surface area is 94.0 Å². The number of aromatic nitrogens is 1. The quantitative estimate of drug-likeness (QED) is 0.811. The Kier molecular flexibility index (Phi) is 2.42. The maximum absolute atomic E-state index is 10.3. The Morgan fingerprint density at radius 1 is 1.38 bits per heavy atom. The van der Waals surface area contributed by atoms with Crippen LogP contribution in [-0.2, 0) is 4.74 Å². The van der Waals surface area contributed by atoms with Crippen LogP contribution in [-0.4, -0.2) is 22.8 Å². The van der Waals surface area contributed by atoms with Crippen molar-refractivity contribution in [3.05, 3.63) is 36.0 Å². The number of hydrogen-bond acceptors (Lipinski definition) is 2. The predicted octanol–water partition coefficient (Wildman–Crippen LogP) is 2.38. The maximum atomic E-state index is 10.3. The average molecular weight is 217 g/mol. The van der Waals surface area contributed by atoms with E-state index in [1.165, 1.54) is 0 Å². The molecule has 3 nitrogen and oxygen atoms in total. The van der Waals surface area contributed by atoms with Gasteiger partial charge in [-0.3, -0.25) is 0 Å². The Morgan fingerprint density at radius 2 is 2.31 bits per heavy atom. The lowest BCUT2D eigenvalue weighted by atomic mass is 9.99. The second-order valence-corrected chi connectivity index (χ2v) is 4.28. The Hall–Kier alpha value is -1.32. The number of nitrogens with one attached hydrogen (secondary N) is 1. The third-order valence-electron chi connectivity index (χ3n) is 3.26. The number of ether oxygens (including phenoxy) is 1. The molecule has 3 rings (SSSR count). The van der Waals surface area contributed by atoms with Crippen molar-refractivity contribution in [2.75, 3.05) is 6.61 Å². The first-order valence-corrected chi connectivity index (χ1v) is 5.72. The molecule has 2 unspecified atom stereocenters. The molecule has 16 heavy (non-hydrogen) atoms. The summed E-state index contributed by atoms with van der Waals surface area (Å²) in [6.45, 7) is 0.769. The van der Waals surface area contributed by atoms with E-state index in [1.54, 1.807) is 0 Å². The van der Waals surface area contributed by atoms with Crippen molar-refractivity contribution in [1.82, 2.24) is 4.98 Å². The minimum absolute atomic E-state index is 0.0412. The van der Waals surface area contributed by atoms with Crippen molar-refractivity contribution in [2.45, 2.75) is 25.0 Å². The minimum atomic E-state index is -0.512. The average Bonchev–Trinajstić information content (AvgIpc) is 2.98. The summed E-state index contributed by atoms with van der Waals surface area (Å²) in [4.78, 5) is 3.15. The van der Waals surface area contributed by atoms with Crippen LogP contribution >= 0.6 is 0 Å². The second-order valence-electron chi connectivity index (χ2n) is 4.28. The van der Waals surface area contributed by atoms with Crippen molar-refractivity contribution in [1.29, 1.82) is 0 Å². The van der Waals surface area contributed by atoms with Gasteiger partial charge in [-0.05, 0) is 30.5 Å². The molecule has 0 bridgehead atoms. The SMILES string of the molecule is OC(c1cccc2[nH]ccc12)C1CCCO1. The van der Waals surface area contributed by atoms with Crippen LogP contribution in [0.3, 0.4) is 0 Å². The third kappa shape index (κ3) is 1.52. The van der Waals surface area contributed by atoms with Crippen LogP contribution < -0.4 is 0 Å². The van der Waals surface area contributed by atoms with E-state index in [2.05, 4.69) is 4.98 Å². The molecule has 0 saturated carbocycles. The highest BCUT2D eigenvalue weighted by molar-refractivity contribution is 5.83. The number of aliphatic hydroxyl groups excluding tert-OH is 1. The van der Waals surface area contributed by atoms with Gasteiger partial charge in [0.2, 0.25) is 0 Å². The molecule has 3 heteroatoms. The van der Waals surface area contributed by atoms with Crippen LogP contribution in [0.2, 0.25) is 0 Å². The summed E-state index contributed by atoms with van der Waals surface area (Å²) >= 11 is 0. The Bertz CT molecular complexity index is 485. The number of H-pyrrole nitrogens is 1. The highest BCUT2D eigenvalue weighted by Crippen LogP contribution is 2.31. The third-order valence-corrected chi connectivity index (χ3v) is 3.26. The summed E-state index contributed by atoms with van der Waals surface area (Å²) in [5.74, 6) is 0. The van der Waals surface area contributed by atoms with Gasteiger partial charge in [0, 0.05) is 23.7 Å². The number of aromatic amines is 1. The molecule has 0 radical (unpaired) electrons. The summed E-state index contributed by atoms with van der Waals surface area (Å²) in [7, 11) is 0. The van der Waals surface area contributed by atoms with Crippen molar-refractivity contribution in [2.24, 2.45) is 0 Å². The fourth-order valence-electron chi connectivity index (χ4n) is 2.42. The lowest BCUT2D eigenvalue weighted by Crippen LogP contribution is -2.17. The molecular weight excluding hydrogens is 202 g/mol. The van der Waals surface area contributed by atoms with Crippen molar-refractivity contribution in [3.63, 3.8) is 0 Å². The minimum Gasteiger partial charge on any atom is -0.386 e. The molecule has 1 aromatic heterocycles. The zero-order chi connectivity index (χ0) is 11.0. The molecule has 84 valence electrons. The van der Waals surface area contributed by atoms with Gasteiger partial charge in [-0.2, -0.15) is 0 Å². The van der Waals surface area contributed by atoms with E-state index < -0.39 is 6.10 Å². The standard InChI is InChI=1S/C13H15NO2/c15-13(12-5-2-8-16-12)10-3-1-4-11-9(10)6-7-14-11/h1,3-4,6-7,12-15H,2,5,8H2. The van der Waals surface area contributed by atoms with Crippen LogP contribution in [0.15, 0.2) is 30.5 Å². The van der Waals surface area contributed by atoms with Crippen molar-refractivity contribution < 1.29 is 9.84 Å². The first kappa shape index (κ1) is 9.87. The summed E-state index contributed by atoms with van der Waals surface area (Å²) < 4.78 is 5.53. The molecule has 1 saturated heterocycles. The van der Waals surface area contributed by atoms with E-state index in [9.17, 15) is 5.11 Å². The second kappa shape index (κ2) is 3.92. The van der Waals surface area contributed by atoms with Crippen LogP contribution in [0.5, 0.6) is 0 Å². The van der Waals surface area contributed by atoms with E-state index in [0.29, 0.717) is 0 Å². The number of aliphatic hydroxyl groups is 1. The lowest BCUT2D eigenvalue weighted by molar-refractivity contribution is -0.00185. The smallest absolute Gasteiger partial charge is 0.106 e. The van der Waals surface area contributed by atoms with Gasteiger partial charge in [-0.25, -0.2) is 0 Å². The van der Waals surface area contributed by atoms with Crippen molar-refractivity contribution >= 4 is 10.9 Å². The molecule has 1 aliphatic heterocycles. The summed E-state index contributed by atoms with van der Waals surface area (Å²) in [6, 6.07) is 7.96. The normalized spacial score (nSPS) is 22.7. The van der Waals surface area contributed by atoms with E-state index in [0.717, 1.165) is 35.9 Å². The van der Waals surface area contributed by atoms with Gasteiger partial charge in [0.15, 0.2) is 0 Å². The van der Waals surface area contributed by atoms with Crippen molar-refractivity contribution in [3.8, 4) is 0 Å². The number of fused-ring (bicyclic) bond motifs is 1. The summed E-state index contributed by atoms with van der Waals surface area (Å²) in [6.07, 6.45) is 3.34. The van der Waals surface area contributed by atoms with Gasteiger partial charge in [0.05, 0.1) is 6.10 Å². The first-order chi connectivity index (χ1) is 7.86. The zero-order valence-corrected chi connectivity index (χ0v) is 9.02. The summed E-state index contributed by atoms with van der Waals surface area (Å²) in [5.41, 5.74) is 2.03. The highest BCUT2D eigenvalue weighted by Gasteiger charge is 2.26. The van der Waals surface area contributed by atoms with Crippen LogP contribution in [0.4, 0.5) is 0 Å². The van der Waals surface area contributed by atoms with Gasteiger partial charge >= 0.3 is 0 Å². The van der Waals surface area contributed by atoms with Gasteiger partial charge < -0.3 is 14.8 Å². The van der Waals surface area contributed by atoms with E-state index in [1.807, 2.05) is 30.5 Å². The molecule has 2 aromatic rings. The first-order valence-electron chi connectivity index (χ1n) is 5.72. The Morgan fingerprint density at radius 3 is 3.12 bits per heavy atom. The maximum Gasteiger partial charge on any atom is 0.106 e. The molecule has 1 aliphatic rings. The summed E-state index contributed by atoms with van der Waals surface area (Å²) in [5, 5.41) is 11.4. The largest absolute Gasteiger partial charge is 0.386 e. The lowest BCUT2D eigenvalue weighted by Gasteiger charge is -2.18. The molecule has 1 aromatic carbocycles. The van der Waals surface area contributed by atoms with Gasteiger partial charge in [-0.1, -0.05) is 12.1 Å². The molecular formula is C13H15NO2. The molecule has 0 aliphatic carbocycles. The van der Waals surface area contributed by atoms with E-state index >= 15 is 0 Å². The molecule has 1 fully saturated rings. The topological polar surface area (TPSA) is 45.2 Å². The van der Waals surface area contributed by atoms with Crippen LogP contribution in [0.1, 0.15) is 24.5 Å². The number of benzene rings is 1. The van der Waals surface area contributed by atoms with Gasteiger partial charge in [0.25, 0.3) is 0 Å². The van der Waals surface area contributed by atoms with Gasteiger partial charge in [-0.15, -0.1) is 0 Å². The molecule has 0 spiro atoms. The number of hydrogen-bond donors (Lipinski definition) is 2. The molecule has 2 N–H and O–H groups in total. The fraction of sp³-hybridized carbons (Fsp3) is 0.385. The van der Waals surface area contributed by atoms with Crippen LogP contribution in [0.25, 0.3) is 10.9 Å². The number of rotatable bonds is 2.